The first-order chi connectivity index (χ1) is 11.2. The van der Waals surface area contributed by atoms with E-state index in [2.05, 4.69) is 4.99 Å². The summed E-state index contributed by atoms with van der Waals surface area (Å²) in [5, 5.41) is 0.561. The number of nitrogens with two attached hydrogens (primary N) is 1. The monoisotopic (exact) mass is 332 g/mol. The average molecular weight is 332 g/mol. The molecule has 2 N–H and O–H groups in total. The van der Waals surface area contributed by atoms with Gasteiger partial charge in [-0.3, -0.25) is 4.99 Å². The highest BCUT2D eigenvalue weighted by Gasteiger charge is 2.13. The van der Waals surface area contributed by atoms with Gasteiger partial charge in [0.25, 0.3) is 0 Å². The van der Waals surface area contributed by atoms with E-state index in [1.807, 2.05) is 36.4 Å². The maximum atomic E-state index is 13.7. The van der Waals surface area contributed by atoms with Crippen molar-refractivity contribution in [3.8, 4) is 0 Å². The van der Waals surface area contributed by atoms with Gasteiger partial charge in [-0.15, -0.1) is 0 Å². The van der Waals surface area contributed by atoms with Gasteiger partial charge in [0.1, 0.15) is 5.82 Å². The highest BCUT2D eigenvalue weighted by Crippen LogP contribution is 2.25. The summed E-state index contributed by atoms with van der Waals surface area (Å²) < 4.78 is 19.7. The Bertz CT molecular complexity index is 634. The minimum Gasteiger partial charge on any atom is -0.379 e. The van der Waals surface area contributed by atoms with E-state index in [0.29, 0.717) is 10.7 Å². The van der Waals surface area contributed by atoms with Crippen LogP contribution in [0.3, 0.4) is 0 Å². The molecule has 1 atom stereocenters. The number of benzene rings is 2. The Morgan fingerprint density at radius 2 is 1.87 bits per heavy atom. The van der Waals surface area contributed by atoms with Crippen LogP contribution in [-0.4, -0.2) is 18.0 Å². The van der Waals surface area contributed by atoms with E-state index in [0.717, 1.165) is 17.7 Å². The van der Waals surface area contributed by atoms with E-state index in [1.54, 1.807) is 19.2 Å². The van der Waals surface area contributed by atoms with Gasteiger partial charge in [-0.25, -0.2) is 4.39 Å². The van der Waals surface area contributed by atoms with Crippen molar-refractivity contribution in [1.82, 2.24) is 0 Å². The van der Waals surface area contributed by atoms with E-state index in [-0.39, 0.29) is 18.5 Å². The maximum absolute atomic E-state index is 13.7. The number of rotatable bonds is 7. The fraction of sp³-hybridized carbons (Fsp3) is 0.278. The van der Waals surface area contributed by atoms with Crippen LogP contribution in [0.1, 0.15) is 23.7 Å². The fourth-order valence-electron chi connectivity index (χ4n) is 2.15. The summed E-state index contributed by atoms with van der Waals surface area (Å²) in [6, 6.07) is 16.6. The van der Waals surface area contributed by atoms with Crippen LogP contribution in [0.25, 0.3) is 0 Å². The van der Waals surface area contributed by atoms with Gasteiger partial charge in [0, 0.05) is 18.4 Å². The summed E-state index contributed by atoms with van der Waals surface area (Å²) in [5.41, 5.74) is 7.35. The lowest BCUT2D eigenvalue weighted by Gasteiger charge is -2.18. The summed E-state index contributed by atoms with van der Waals surface area (Å²) in [7, 11) is 1.67. The van der Waals surface area contributed by atoms with Crippen molar-refractivity contribution < 1.29 is 9.13 Å². The van der Waals surface area contributed by atoms with Crippen molar-refractivity contribution in [1.29, 1.82) is 0 Å². The SMILES string of the molecule is CN=C(N)SCCC(OCc1ccccc1F)c1ccccc1. The number of amidine groups is 1. The molecule has 0 spiro atoms. The quantitative estimate of drug-likeness (QED) is 0.612. The molecule has 1 unspecified atom stereocenters. The first-order valence-corrected chi connectivity index (χ1v) is 8.44. The Kier molecular flexibility index (Phi) is 7.10. The summed E-state index contributed by atoms with van der Waals surface area (Å²) in [6.45, 7) is 0.244. The van der Waals surface area contributed by atoms with Crippen molar-refractivity contribution in [3.63, 3.8) is 0 Å². The standard InChI is InChI=1S/C18H21FN2OS/c1-21-18(20)23-12-11-17(14-7-3-2-4-8-14)22-13-15-9-5-6-10-16(15)19/h2-10,17H,11-13H2,1H3,(H2,20,21). The highest BCUT2D eigenvalue weighted by atomic mass is 32.2. The van der Waals surface area contributed by atoms with Gasteiger partial charge in [-0.2, -0.15) is 0 Å². The summed E-state index contributed by atoms with van der Waals surface area (Å²) in [6.07, 6.45) is 0.673. The molecule has 0 heterocycles. The predicted octanol–water partition coefficient (Wildman–Crippen LogP) is 4.15. The maximum Gasteiger partial charge on any atom is 0.153 e. The minimum absolute atomic E-state index is 0.104. The van der Waals surface area contributed by atoms with Crippen LogP contribution >= 0.6 is 11.8 Å². The molecule has 0 aromatic heterocycles. The van der Waals surface area contributed by atoms with Crippen molar-refractivity contribution in [2.24, 2.45) is 10.7 Å². The fourth-order valence-corrected chi connectivity index (χ4v) is 2.82. The zero-order valence-electron chi connectivity index (χ0n) is 13.1. The van der Waals surface area contributed by atoms with Crippen LogP contribution in [0, 0.1) is 5.82 Å². The molecular formula is C18H21FN2OS. The molecule has 0 saturated heterocycles. The van der Waals surface area contributed by atoms with Crippen molar-refractivity contribution >= 4 is 16.9 Å². The zero-order chi connectivity index (χ0) is 16.5. The molecule has 2 aromatic carbocycles. The number of aliphatic imine (C=N–C) groups is 1. The molecule has 5 heteroatoms. The van der Waals surface area contributed by atoms with Crippen molar-refractivity contribution in [2.75, 3.05) is 12.8 Å². The number of nitrogens with zero attached hydrogens (tertiary/aromatic N) is 1. The normalized spacial score (nSPS) is 13.0. The molecule has 2 aromatic rings. The largest absolute Gasteiger partial charge is 0.379 e. The Morgan fingerprint density at radius 1 is 1.17 bits per heavy atom. The first-order valence-electron chi connectivity index (χ1n) is 7.45. The first kappa shape index (κ1) is 17.5. The topological polar surface area (TPSA) is 47.6 Å². The number of thioether (sulfide) groups is 1. The van der Waals surface area contributed by atoms with E-state index < -0.39 is 0 Å². The molecule has 122 valence electrons. The summed E-state index contributed by atoms with van der Waals surface area (Å²) in [5.74, 6) is 0.552. The molecule has 0 amide bonds. The molecule has 0 aliphatic carbocycles. The van der Waals surface area contributed by atoms with Crippen molar-refractivity contribution in [3.05, 3.63) is 71.5 Å². The molecule has 2 rings (SSSR count). The second-order valence-electron chi connectivity index (χ2n) is 5.00. The van der Waals surface area contributed by atoms with Gasteiger partial charge >= 0.3 is 0 Å². The van der Waals surface area contributed by atoms with Crippen LogP contribution in [0.15, 0.2) is 59.6 Å². The lowest BCUT2D eigenvalue weighted by atomic mass is 10.1. The van der Waals surface area contributed by atoms with Crippen LogP contribution in [0.5, 0.6) is 0 Å². The second kappa shape index (κ2) is 9.33. The van der Waals surface area contributed by atoms with Gasteiger partial charge in [0.2, 0.25) is 0 Å². The Hall–Kier alpha value is -1.85. The number of halogens is 1. The molecule has 0 radical (unpaired) electrons. The van der Waals surface area contributed by atoms with Crippen LogP contribution in [-0.2, 0) is 11.3 Å². The van der Waals surface area contributed by atoms with E-state index in [9.17, 15) is 4.39 Å². The lowest BCUT2D eigenvalue weighted by Crippen LogP contribution is -2.10. The molecule has 0 bridgehead atoms. The number of hydrogen-bond donors (Lipinski definition) is 1. The minimum atomic E-state index is -0.240. The van der Waals surface area contributed by atoms with E-state index >= 15 is 0 Å². The van der Waals surface area contributed by atoms with Crippen LogP contribution in [0.4, 0.5) is 4.39 Å². The Morgan fingerprint density at radius 3 is 2.57 bits per heavy atom. The van der Waals surface area contributed by atoms with E-state index in [1.165, 1.54) is 17.8 Å². The predicted molar refractivity (Wildman–Crippen MR) is 95.0 cm³/mol. The second-order valence-corrected chi connectivity index (χ2v) is 6.12. The Balaban J connectivity index is 2.00. The molecule has 0 aliphatic heterocycles. The van der Waals surface area contributed by atoms with Crippen molar-refractivity contribution in [2.45, 2.75) is 19.1 Å². The third-order valence-corrected chi connectivity index (χ3v) is 4.34. The molecule has 3 nitrogen and oxygen atoms in total. The van der Waals surface area contributed by atoms with Gasteiger partial charge in [-0.1, -0.05) is 60.3 Å². The lowest BCUT2D eigenvalue weighted by molar-refractivity contribution is 0.0364. The smallest absolute Gasteiger partial charge is 0.153 e. The highest BCUT2D eigenvalue weighted by molar-refractivity contribution is 8.13. The average Bonchev–Trinajstić information content (AvgIpc) is 2.59. The molecule has 0 saturated carbocycles. The van der Waals surface area contributed by atoms with Crippen LogP contribution < -0.4 is 5.73 Å². The van der Waals surface area contributed by atoms with Crippen LogP contribution in [0.2, 0.25) is 0 Å². The Labute approximate surface area is 140 Å². The third kappa shape index (κ3) is 5.69. The number of ether oxygens (including phenoxy) is 1. The molecule has 23 heavy (non-hydrogen) atoms. The van der Waals surface area contributed by atoms with E-state index in [4.69, 9.17) is 10.5 Å². The van der Waals surface area contributed by atoms with Gasteiger partial charge < -0.3 is 10.5 Å². The van der Waals surface area contributed by atoms with Gasteiger partial charge in [0.15, 0.2) is 5.17 Å². The van der Waals surface area contributed by atoms with Gasteiger partial charge in [0.05, 0.1) is 12.7 Å². The number of hydrogen-bond acceptors (Lipinski definition) is 3. The molecular weight excluding hydrogens is 311 g/mol. The summed E-state index contributed by atoms with van der Waals surface area (Å²) in [4.78, 5) is 3.93. The molecule has 0 fully saturated rings. The zero-order valence-corrected chi connectivity index (χ0v) is 13.9. The summed E-state index contributed by atoms with van der Waals surface area (Å²) >= 11 is 1.50. The van der Waals surface area contributed by atoms with Gasteiger partial charge in [-0.05, 0) is 18.1 Å². The molecule has 0 aliphatic rings. The third-order valence-electron chi connectivity index (χ3n) is 3.42.